The van der Waals surface area contributed by atoms with Crippen LogP contribution in [0.3, 0.4) is 0 Å². The summed E-state index contributed by atoms with van der Waals surface area (Å²) in [7, 11) is 0. The lowest BCUT2D eigenvalue weighted by Crippen LogP contribution is -2.35. The summed E-state index contributed by atoms with van der Waals surface area (Å²) in [6, 6.07) is 0. The molecule has 0 radical (unpaired) electrons. The highest BCUT2D eigenvalue weighted by atomic mass is 16.7. The van der Waals surface area contributed by atoms with E-state index >= 15 is 0 Å². The second-order valence-electron chi connectivity index (χ2n) is 8.03. The number of ether oxygens (including phenoxy) is 5. The van der Waals surface area contributed by atoms with Gasteiger partial charge in [0.2, 0.25) is 6.29 Å². The van der Waals surface area contributed by atoms with Gasteiger partial charge in [-0.2, -0.15) is 0 Å². The molecule has 0 amide bonds. The molecule has 2 unspecified atom stereocenters. The van der Waals surface area contributed by atoms with Crippen LogP contribution in [0.5, 0.6) is 0 Å². The Morgan fingerprint density at radius 3 is 1.88 bits per heavy atom. The van der Waals surface area contributed by atoms with Crippen LogP contribution < -0.4 is 0 Å². The monoisotopic (exact) mass is 468 g/mol. The van der Waals surface area contributed by atoms with Crippen LogP contribution in [0.4, 0.5) is 0 Å². The average molecular weight is 469 g/mol. The Hall–Kier alpha value is -2.68. The third-order valence-electron chi connectivity index (χ3n) is 4.72. The van der Waals surface area contributed by atoms with E-state index in [4.69, 9.17) is 23.7 Å². The Labute approximate surface area is 195 Å². The van der Waals surface area contributed by atoms with Crippen molar-refractivity contribution in [3.63, 3.8) is 0 Å². The molecule has 0 aromatic heterocycles. The zero-order valence-corrected chi connectivity index (χ0v) is 19.7. The van der Waals surface area contributed by atoms with Gasteiger partial charge in [0.05, 0.1) is 19.8 Å². The second-order valence-corrected chi connectivity index (χ2v) is 8.03. The smallest absolute Gasteiger partial charge is 0.333 e. The normalized spacial score (nSPS) is 17.5. The molecule has 0 aromatic rings. The van der Waals surface area contributed by atoms with Gasteiger partial charge in [0.15, 0.2) is 0 Å². The average Bonchev–Trinajstić information content (AvgIpc) is 2.75. The summed E-state index contributed by atoms with van der Waals surface area (Å²) in [5.41, 5.74) is 0.697. The minimum absolute atomic E-state index is 0.216. The molecular formula is C24H36O9. The maximum absolute atomic E-state index is 12.0. The van der Waals surface area contributed by atoms with E-state index < -0.39 is 18.2 Å². The fourth-order valence-corrected chi connectivity index (χ4v) is 2.87. The standard InChI is InChI=1S/C24H36O9/c1-17(2)23(27)30-13-8-5-6-10-21(26)33-22-16-19(12-15-29-22)32-20(25)11-7-9-14-31-24(28)18(3)4/h19,22H,1,3,5-16H2,2,4H3. The summed E-state index contributed by atoms with van der Waals surface area (Å²) in [6.07, 6.45) is 3.25. The molecule has 0 aliphatic carbocycles. The third-order valence-corrected chi connectivity index (χ3v) is 4.72. The molecule has 1 aliphatic rings. The van der Waals surface area contributed by atoms with E-state index in [0.29, 0.717) is 62.9 Å². The number of unbranched alkanes of at least 4 members (excludes halogenated alkanes) is 3. The number of rotatable bonds is 15. The first kappa shape index (κ1) is 28.4. The summed E-state index contributed by atoms with van der Waals surface area (Å²) >= 11 is 0. The first-order valence-electron chi connectivity index (χ1n) is 11.3. The number of esters is 4. The molecular weight excluding hydrogens is 432 g/mol. The molecule has 33 heavy (non-hydrogen) atoms. The Balaban J connectivity index is 2.14. The lowest BCUT2D eigenvalue weighted by atomic mass is 10.1. The predicted molar refractivity (Wildman–Crippen MR) is 119 cm³/mol. The van der Waals surface area contributed by atoms with Crippen molar-refractivity contribution in [3.8, 4) is 0 Å². The van der Waals surface area contributed by atoms with Gasteiger partial charge in [-0.25, -0.2) is 9.59 Å². The molecule has 0 bridgehead atoms. The Morgan fingerprint density at radius 2 is 1.30 bits per heavy atom. The minimum atomic E-state index is -0.734. The lowest BCUT2D eigenvalue weighted by molar-refractivity contribution is -0.202. The van der Waals surface area contributed by atoms with Crippen molar-refractivity contribution in [2.45, 2.75) is 84.0 Å². The molecule has 1 fully saturated rings. The van der Waals surface area contributed by atoms with Crippen molar-refractivity contribution in [2.24, 2.45) is 0 Å². The van der Waals surface area contributed by atoms with Crippen LogP contribution in [0.1, 0.15) is 71.6 Å². The largest absolute Gasteiger partial charge is 0.462 e. The number of carbonyl (C=O) groups excluding carboxylic acids is 4. The van der Waals surface area contributed by atoms with Gasteiger partial charge in [0, 0.05) is 36.8 Å². The highest BCUT2D eigenvalue weighted by Crippen LogP contribution is 2.20. The minimum Gasteiger partial charge on any atom is -0.462 e. The van der Waals surface area contributed by atoms with Crippen molar-refractivity contribution in [1.29, 1.82) is 0 Å². The quantitative estimate of drug-likeness (QED) is 0.154. The predicted octanol–water partition coefficient (Wildman–Crippen LogP) is 3.55. The van der Waals surface area contributed by atoms with Crippen molar-refractivity contribution in [3.05, 3.63) is 24.3 Å². The molecule has 2 atom stereocenters. The maximum atomic E-state index is 12.0. The molecule has 0 aromatic carbocycles. The van der Waals surface area contributed by atoms with E-state index in [1.807, 2.05) is 0 Å². The molecule has 0 spiro atoms. The van der Waals surface area contributed by atoms with Crippen molar-refractivity contribution in [2.75, 3.05) is 19.8 Å². The molecule has 1 heterocycles. The SMILES string of the molecule is C=C(C)C(=O)OCCCCCC(=O)OC1CC(OC(=O)CCCCOC(=O)C(=C)C)CCO1. The van der Waals surface area contributed by atoms with E-state index in [1.54, 1.807) is 13.8 Å². The van der Waals surface area contributed by atoms with Crippen LogP contribution in [0.2, 0.25) is 0 Å². The highest BCUT2D eigenvalue weighted by molar-refractivity contribution is 5.87. The molecule has 1 aliphatic heterocycles. The van der Waals surface area contributed by atoms with E-state index in [2.05, 4.69) is 13.2 Å². The molecule has 0 saturated carbocycles. The Morgan fingerprint density at radius 1 is 0.788 bits per heavy atom. The lowest BCUT2D eigenvalue weighted by Gasteiger charge is -2.28. The fraction of sp³-hybridized carbons (Fsp3) is 0.667. The van der Waals surface area contributed by atoms with Crippen LogP contribution in [-0.4, -0.2) is 56.1 Å². The van der Waals surface area contributed by atoms with E-state index in [9.17, 15) is 19.2 Å². The van der Waals surface area contributed by atoms with Crippen LogP contribution in [0, 0.1) is 0 Å². The summed E-state index contributed by atoms with van der Waals surface area (Å²) in [4.78, 5) is 46.6. The molecule has 186 valence electrons. The van der Waals surface area contributed by atoms with Crippen molar-refractivity contribution >= 4 is 23.9 Å². The molecule has 9 nitrogen and oxygen atoms in total. The topological polar surface area (TPSA) is 114 Å². The van der Waals surface area contributed by atoms with Crippen LogP contribution in [0.25, 0.3) is 0 Å². The first-order valence-corrected chi connectivity index (χ1v) is 11.3. The van der Waals surface area contributed by atoms with Crippen LogP contribution >= 0.6 is 0 Å². The van der Waals surface area contributed by atoms with E-state index in [-0.39, 0.29) is 37.5 Å². The third kappa shape index (κ3) is 13.5. The van der Waals surface area contributed by atoms with Gasteiger partial charge in [-0.1, -0.05) is 13.2 Å². The van der Waals surface area contributed by atoms with Gasteiger partial charge in [-0.05, 0) is 46.0 Å². The van der Waals surface area contributed by atoms with Gasteiger partial charge in [0.25, 0.3) is 0 Å². The van der Waals surface area contributed by atoms with Gasteiger partial charge in [-0.15, -0.1) is 0 Å². The number of carbonyl (C=O) groups is 4. The number of hydrogen-bond donors (Lipinski definition) is 0. The molecule has 9 heteroatoms. The van der Waals surface area contributed by atoms with E-state index in [1.165, 1.54) is 0 Å². The zero-order valence-electron chi connectivity index (χ0n) is 19.7. The molecule has 1 rings (SSSR count). The Bertz CT molecular complexity index is 698. The summed E-state index contributed by atoms with van der Waals surface area (Å²) in [5.74, 6) is -1.58. The van der Waals surface area contributed by atoms with Gasteiger partial charge in [-0.3, -0.25) is 9.59 Å². The first-order chi connectivity index (χ1) is 15.7. The van der Waals surface area contributed by atoms with Crippen LogP contribution in [0.15, 0.2) is 24.3 Å². The van der Waals surface area contributed by atoms with Gasteiger partial charge in [0.1, 0.15) is 6.10 Å². The highest BCUT2D eigenvalue weighted by Gasteiger charge is 2.28. The van der Waals surface area contributed by atoms with Gasteiger partial charge < -0.3 is 23.7 Å². The second kappa shape index (κ2) is 16.0. The number of hydrogen-bond acceptors (Lipinski definition) is 9. The van der Waals surface area contributed by atoms with Gasteiger partial charge >= 0.3 is 23.9 Å². The van der Waals surface area contributed by atoms with Crippen LogP contribution in [-0.2, 0) is 42.9 Å². The summed E-state index contributed by atoms with van der Waals surface area (Å²) in [5, 5.41) is 0. The Kier molecular flexibility index (Phi) is 13.8. The maximum Gasteiger partial charge on any atom is 0.333 e. The fourth-order valence-electron chi connectivity index (χ4n) is 2.87. The zero-order chi connectivity index (χ0) is 24.6. The van der Waals surface area contributed by atoms with Crippen molar-refractivity contribution in [1.82, 2.24) is 0 Å². The molecule has 1 saturated heterocycles. The summed E-state index contributed by atoms with van der Waals surface area (Å²) in [6.45, 7) is 11.0. The van der Waals surface area contributed by atoms with Crippen molar-refractivity contribution < 1.29 is 42.9 Å². The molecule has 0 N–H and O–H groups in total. The summed E-state index contributed by atoms with van der Waals surface area (Å²) < 4.78 is 26.2. The van der Waals surface area contributed by atoms with E-state index in [0.717, 1.165) is 6.42 Å².